The minimum absolute atomic E-state index is 0.259. The Morgan fingerprint density at radius 1 is 1.10 bits per heavy atom. The second-order valence-corrected chi connectivity index (χ2v) is 7.43. The van der Waals surface area contributed by atoms with Crippen LogP contribution in [-0.4, -0.2) is 51.9 Å². The number of benzene rings is 2. The van der Waals surface area contributed by atoms with Gasteiger partial charge in [-0.25, -0.2) is 9.67 Å². The summed E-state index contributed by atoms with van der Waals surface area (Å²) in [6.45, 7) is 3.32. The molecule has 0 saturated carbocycles. The molecule has 1 aliphatic heterocycles. The van der Waals surface area contributed by atoms with E-state index >= 15 is 0 Å². The number of hydrogen-bond acceptors (Lipinski definition) is 4. The van der Waals surface area contributed by atoms with Gasteiger partial charge >= 0.3 is 0 Å². The van der Waals surface area contributed by atoms with Crippen LogP contribution in [0.1, 0.15) is 24.0 Å². The Morgan fingerprint density at radius 2 is 1.90 bits per heavy atom. The number of nitrogens with one attached hydrogen (secondary N) is 1. The predicted octanol–water partition coefficient (Wildman–Crippen LogP) is 2.95. The second kappa shape index (κ2) is 9.91. The van der Waals surface area contributed by atoms with Gasteiger partial charge in [-0.15, -0.1) is 0 Å². The standard InChI is InChI=1S/C23H28N6O/c1-24-23(28-12-10-22(11-13-28)30-21-8-3-2-4-9-21)26-15-19-6-5-7-20(14-19)16-29-18-25-17-27-29/h2-9,14,17-18,22H,10-13,15-16H2,1H3,(H,24,26). The first-order chi connectivity index (χ1) is 14.8. The number of para-hydroxylation sites is 1. The minimum atomic E-state index is 0.259. The van der Waals surface area contributed by atoms with E-state index in [1.807, 2.05) is 42.1 Å². The Kier molecular flexibility index (Phi) is 6.59. The van der Waals surface area contributed by atoms with E-state index in [2.05, 4.69) is 49.6 Å². The first kappa shape index (κ1) is 19.9. The van der Waals surface area contributed by atoms with Crippen LogP contribution in [0.4, 0.5) is 0 Å². The molecule has 1 aliphatic rings. The van der Waals surface area contributed by atoms with Gasteiger partial charge in [0.2, 0.25) is 0 Å². The Balaban J connectivity index is 1.27. The zero-order valence-corrected chi connectivity index (χ0v) is 17.3. The summed E-state index contributed by atoms with van der Waals surface area (Å²) in [5, 5.41) is 7.68. The number of piperidine rings is 1. The highest BCUT2D eigenvalue weighted by atomic mass is 16.5. The van der Waals surface area contributed by atoms with Crippen molar-refractivity contribution in [1.82, 2.24) is 25.0 Å². The maximum Gasteiger partial charge on any atom is 0.193 e. The fourth-order valence-electron chi connectivity index (χ4n) is 3.73. The van der Waals surface area contributed by atoms with Crippen molar-refractivity contribution in [3.05, 3.63) is 78.4 Å². The molecule has 0 spiro atoms. The van der Waals surface area contributed by atoms with Crippen molar-refractivity contribution in [2.75, 3.05) is 20.1 Å². The van der Waals surface area contributed by atoms with E-state index in [9.17, 15) is 0 Å². The Labute approximate surface area is 177 Å². The number of aliphatic imine (C=N–C) groups is 1. The van der Waals surface area contributed by atoms with E-state index in [1.165, 1.54) is 11.1 Å². The molecule has 1 N–H and O–H groups in total. The van der Waals surface area contributed by atoms with Crippen molar-refractivity contribution in [1.29, 1.82) is 0 Å². The van der Waals surface area contributed by atoms with Gasteiger partial charge in [0.05, 0.1) is 6.54 Å². The van der Waals surface area contributed by atoms with E-state index < -0.39 is 0 Å². The van der Waals surface area contributed by atoms with Crippen molar-refractivity contribution >= 4 is 5.96 Å². The lowest BCUT2D eigenvalue weighted by molar-refractivity contribution is 0.129. The number of aromatic nitrogens is 3. The van der Waals surface area contributed by atoms with Crippen LogP contribution in [0.2, 0.25) is 0 Å². The van der Waals surface area contributed by atoms with E-state index in [-0.39, 0.29) is 6.10 Å². The Morgan fingerprint density at radius 3 is 2.63 bits per heavy atom. The lowest BCUT2D eigenvalue weighted by Crippen LogP contribution is -2.47. The summed E-state index contributed by atoms with van der Waals surface area (Å²) < 4.78 is 7.93. The topological polar surface area (TPSA) is 67.6 Å². The van der Waals surface area contributed by atoms with Crippen LogP contribution in [0, 0.1) is 0 Å². The van der Waals surface area contributed by atoms with Crippen LogP contribution >= 0.6 is 0 Å². The third-order valence-electron chi connectivity index (χ3n) is 5.25. The first-order valence-corrected chi connectivity index (χ1v) is 10.4. The van der Waals surface area contributed by atoms with Crippen LogP contribution < -0.4 is 10.1 Å². The molecule has 7 nitrogen and oxygen atoms in total. The normalized spacial score (nSPS) is 15.2. The molecule has 1 saturated heterocycles. The molecule has 0 unspecified atom stereocenters. The van der Waals surface area contributed by atoms with E-state index in [1.54, 1.807) is 12.7 Å². The number of likely N-dealkylation sites (tertiary alicyclic amines) is 1. The van der Waals surface area contributed by atoms with Gasteiger partial charge < -0.3 is 15.0 Å². The van der Waals surface area contributed by atoms with Gasteiger partial charge in [-0.3, -0.25) is 4.99 Å². The van der Waals surface area contributed by atoms with Crippen molar-refractivity contribution in [3.8, 4) is 5.75 Å². The van der Waals surface area contributed by atoms with E-state index in [0.29, 0.717) is 0 Å². The van der Waals surface area contributed by atoms with Crippen molar-refractivity contribution in [3.63, 3.8) is 0 Å². The van der Waals surface area contributed by atoms with Crippen LogP contribution in [0.15, 0.2) is 72.2 Å². The Bertz CT molecular complexity index is 933. The molecule has 0 atom stereocenters. The fraction of sp³-hybridized carbons (Fsp3) is 0.348. The summed E-state index contributed by atoms with van der Waals surface area (Å²) in [6, 6.07) is 18.6. The lowest BCUT2D eigenvalue weighted by atomic mass is 10.1. The quantitative estimate of drug-likeness (QED) is 0.505. The third-order valence-corrected chi connectivity index (χ3v) is 5.25. The fourth-order valence-corrected chi connectivity index (χ4v) is 3.73. The van der Waals surface area contributed by atoms with Crippen molar-refractivity contribution < 1.29 is 4.74 Å². The summed E-state index contributed by atoms with van der Waals surface area (Å²) in [6.07, 6.45) is 5.53. The second-order valence-electron chi connectivity index (χ2n) is 7.43. The van der Waals surface area contributed by atoms with Gasteiger partial charge in [-0.05, 0) is 23.3 Å². The molecule has 0 aliphatic carbocycles. The highest BCUT2D eigenvalue weighted by Gasteiger charge is 2.22. The van der Waals surface area contributed by atoms with Gasteiger partial charge in [-0.1, -0.05) is 42.5 Å². The zero-order valence-electron chi connectivity index (χ0n) is 17.3. The summed E-state index contributed by atoms with van der Waals surface area (Å²) >= 11 is 0. The third kappa shape index (κ3) is 5.37. The monoisotopic (exact) mass is 404 g/mol. The van der Waals surface area contributed by atoms with E-state index in [4.69, 9.17) is 4.74 Å². The molecule has 2 heterocycles. The van der Waals surface area contributed by atoms with Gasteiger partial charge in [0.1, 0.15) is 24.5 Å². The summed E-state index contributed by atoms with van der Waals surface area (Å²) in [7, 11) is 1.84. The smallest absolute Gasteiger partial charge is 0.193 e. The molecule has 1 fully saturated rings. The molecule has 0 bridgehead atoms. The van der Waals surface area contributed by atoms with Crippen molar-refractivity contribution in [2.45, 2.75) is 32.0 Å². The molecule has 0 amide bonds. The zero-order chi connectivity index (χ0) is 20.6. The van der Waals surface area contributed by atoms with Gasteiger partial charge in [0, 0.05) is 39.5 Å². The molecular formula is C23H28N6O. The average molecular weight is 405 g/mol. The summed E-state index contributed by atoms with van der Waals surface area (Å²) in [4.78, 5) is 10.8. The minimum Gasteiger partial charge on any atom is -0.490 e. The molecular weight excluding hydrogens is 376 g/mol. The highest BCUT2D eigenvalue weighted by Crippen LogP contribution is 2.18. The molecule has 3 aromatic rings. The van der Waals surface area contributed by atoms with Crippen molar-refractivity contribution in [2.24, 2.45) is 4.99 Å². The van der Waals surface area contributed by atoms with Gasteiger partial charge in [0.25, 0.3) is 0 Å². The molecule has 2 aromatic carbocycles. The molecule has 0 radical (unpaired) electrons. The maximum atomic E-state index is 6.10. The predicted molar refractivity (Wildman–Crippen MR) is 117 cm³/mol. The van der Waals surface area contributed by atoms with E-state index in [0.717, 1.165) is 50.7 Å². The molecule has 7 heteroatoms. The summed E-state index contributed by atoms with van der Waals surface area (Å²) in [5.74, 6) is 1.89. The van der Waals surface area contributed by atoms with Gasteiger partial charge in [0.15, 0.2) is 5.96 Å². The number of rotatable bonds is 6. The van der Waals surface area contributed by atoms with Crippen LogP contribution in [0.3, 0.4) is 0 Å². The van der Waals surface area contributed by atoms with Crippen LogP contribution in [0.5, 0.6) is 5.75 Å². The number of guanidine groups is 1. The first-order valence-electron chi connectivity index (χ1n) is 10.4. The maximum absolute atomic E-state index is 6.10. The Hall–Kier alpha value is -3.35. The van der Waals surface area contributed by atoms with Gasteiger partial charge in [-0.2, -0.15) is 5.10 Å². The molecule has 1 aromatic heterocycles. The molecule has 4 rings (SSSR count). The SMILES string of the molecule is CN=C(NCc1cccc(Cn2cncn2)c1)N1CCC(Oc2ccccc2)CC1. The molecule has 30 heavy (non-hydrogen) atoms. The highest BCUT2D eigenvalue weighted by molar-refractivity contribution is 5.80. The number of hydrogen-bond donors (Lipinski definition) is 1. The molecule has 156 valence electrons. The average Bonchev–Trinajstić information content (AvgIpc) is 3.29. The number of nitrogens with zero attached hydrogens (tertiary/aromatic N) is 5. The lowest BCUT2D eigenvalue weighted by Gasteiger charge is -2.34. The number of ether oxygens (including phenoxy) is 1. The largest absolute Gasteiger partial charge is 0.490 e. The van der Waals surface area contributed by atoms with Crippen LogP contribution in [0.25, 0.3) is 0 Å². The summed E-state index contributed by atoms with van der Waals surface area (Å²) in [5.41, 5.74) is 2.42. The van der Waals surface area contributed by atoms with Crippen LogP contribution in [-0.2, 0) is 13.1 Å².